The number of carbonyl (C=O) groups is 1. The van der Waals surface area contributed by atoms with Gasteiger partial charge in [0, 0.05) is 32.0 Å². The Kier molecular flexibility index (Phi) is 5.64. The summed E-state index contributed by atoms with van der Waals surface area (Å²) in [6.45, 7) is 1.97. The number of hydrogen-bond acceptors (Lipinski definition) is 4. The highest BCUT2D eigenvalue weighted by Gasteiger charge is 2.38. The molecule has 1 saturated heterocycles. The number of halogens is 1. The molecule has 2 heterocycles. The summed E-state index contributed by atoms with van der Waals surface area (Å²) in [6.07, 6.45) is 4.23. The lowest BCUT2D eigenvalue weighted by atomic mass is 10.0. The Bertz CT molecular complexity index is 738. The zero-order chi connectivity index (χ0) is 18.6. The van der Waals surface area contributed by atoms with E-state index in [9.17, 15) is 14.3 Å². The molecule has 1 aliphatic rings. The number of aliphatic hydroxyl groups is 1. The second-order valence-electron chi connectivity index (χ2n) is 7.13. The molecule has 6 heteroatoms. The topological polar surface area (TPSA) is 56.7 Å². The van der Waals surface area contributed by atoms with E-state index >= 15 is 0 Å². The minimum atomic E-state index is -0.917. The quantitative estimate of drug-likeness (QED) is 0.857. The van der Waals surface area contributed by atoms with E-state index in [1.807, 2.05) is 24.1 Å². The van der Waals surface area contributed by atoms with Crippen LogP contribution in [0.3, 0.4) is 0 Å². The fraction of sp³-hybridized carbons (Fsp3) is 0.400. The average molecular weight is 357 g/mol. The smallest absolute Gasteiger partial charge is 0.227 e. The summed E-state index contributed by atoms with van der Waals surface area (Å²) in [5.74, 6) is -0.247. The van der Waals surface area contributed by atoms with Crippen LogP contribution in [0.25, 0.3) is 0 Å². The second-order valence-corrected chi connectivity index (χ2v) is 7.13. The highest BCUT2D eigenvalue weighted by atomic mass is 19.1. The van der Waals surface area contributed by atoms with Crippen LogP contribution in [-0.4, -0.2) is 58.1 Å². The molecule has 138 valence electrons. The van der Waals surface area contributed by atoms with Crippen LogP contribution in [0.2, 0.25) is 0 Å². The Morgan fingerprint density at radius 3 is 2.77 bits per heavy atom. The molecule has 0 spiro atoms. The van der Waals surface area contributed by atoms with E-state index in [1.165, 1.54) is 12.1 Å². The number of aromatic nitrogens is 1. The van der Waals surface area contributed by atoms with Gasteiger partial charge in [0.1, 0.15) is 5.82 Å². The lowest BCUT2D eigenvalue weighted by molar-refractivity contribution is -0.130. The van der Waals surface area contributed by atoms with Crippen molar-refractivity contribution >= 4 is 5.91 Å². The van der Waals surface area contributed by atoms with Crippen molar-refractivity contribution < 1.29 is 14.3 Å². The van der Waals surface area contributed by atoms with Gasteiger partial charge in [-0.25, -0.2) is 4.39 Å². The molecule has 1 aromatic carbocycles. The van der Waals surface area contributed by atoms with Crippen molar-refractivity contribution in [2.24, 2.45) is 0 Å². The van der Waals surface area contributed by atoms with Crippen LogP contribution in [0.15, 0.2) is 48.8 Å². The first-order valence-corrected chi connectivity index (χ1v) is 8.76. The average Bonchev–Trinajstić information content (AvgIpc) is 2.99. The van der Waals surface area contributed by atoms with Crippen LogP contribution in [-0.2, 0) is 17.8 Å². The monoisotopic (exact) mass is 357 g/mol. The molecule has 0 aliphatic carbocycles. The molecule has 26 heavy (non-hydrogen) atoms. The number of pyridine rings is 1. The van der Waals surface area contributed by atoms with Crippen LogP contribution in [0, 0.1) is 5.82 Å². The van der Waals surface area contributed by atoms with Crippen molar-refractivity contribution in [1.29, 1.82) is 0 Å². The van der Waals surface area contributed by atoms with Gasteiger partial charge in [-0.3, -0.25) is 14.7 Å². The minimum Gasteiger partial charge on any atom is -0.387 e. The predicted molar refractivity (Wildman–Crippen MR) is 96.8 cm³/mol. The molecule has 5 nitrogen and oxygen atoms in total. The minimum absolute atomic E-state index is 0.00936. The third-order valence-electron chi connectivity index (χ3n) is 4.69. The third kappa shape index (κ3) is 4.86. The van der Waals surface area contributed by atoms with Gasteiger partial charge in [0.05, 0.1) is 18.6 Å². The van der Waals surface area contributed by atoms with Crippen LogP contribution in [0.5, 0.6) is 0 Å². The summed E-state index contributed by atoms with van der Waals surface area (Å²) in [6, 6.07) is 10.1. The van der Waals surface area contributed by atoms with Gasteiger partial charge in [-0.15, -0.1) is 0 Å². The number of hydrogen-bond donors (Lipinski definition) is 1. The largest absolute Gasteiger partial charge is 0.387 e. The molecular formula is C20H24FN3O2. The number of carbonyl (C=O) groups excluding carboxylic acids is 1. The molecule has 1 aromatic heterocycles. The van der Waals surface area contributed by atoms with Crippen LogP contribution < -0.4 is 0 Å². The summed E-state index contributed by atoms with van der Waals surface area (Å²) in [7, 11) is 1.92. The highest BCUT2D eigenvalue weighted by molar-refractivity contribution is 5.79. The summed E-state index contributed by atoms with van der Waals surface area (Å²) < 4.78 is 13.0. The molecule has 1 aliphatic heterocycles. The first kappa shape index (κ1) is 18.5. The first-order valence-electron chi connectivity index (χ1n) is 8.76. The van der Waals surface area contributed by atoms with Crippen molar-refractivity contribution in [1.82, 2.24) is 14.8 Å². The molecule has 1 N–H and O–H groups in total. The SMILES string of the molecule is CN(Cc1ccc(F)cc1)CC1(O)CCN(C(=O)Cc2cccnc2)C1. The maximum Gasteiger partial charge on any atom is 0.227 e. The van der Waals surface area contributed by atoms with Crippen molar-refractivity contribution in [2.75, 3.05) is 26.7 Å². The van der Waals surface area contributed by atoms with E-state index in [0.29, 0.717) is 39.0 Å². The lowest BCUT2D eigenvalue weighted by Gasteiger charge is -2.29. The molecule has 0 saturated carbocycles. The van der Waals surface area contributed by atoms with E-state index in [-0.39, 0.29) is 11.7 Å². The van der Waals surface area contributed by atoms with Crippen molar-refractivity contribution in [2.45, 2.75) is 25.0 Å². The van der Waals surface area contributed by atoms with Crippen molar-refractivity contribution in [3.8, 4) is 0 Å². The van der Waals surface area contributed by atoms with Crippen LogP contribution >= 0.6 is 0 Å². The Labute approximate surface area is 153 Å². The molecule has 1 unspecified atom stereocenters. The van der Waals surface area contributed by atoms with Gasteiger partial charge in [0.25, 0.3) is 0 Å². The highest BCUT2D eigenvalue weighted by Crippen LogP contribution is 2.23. The van der Waals surface area contributed by atoms with Gasteiger partial charge in [-0.2, -0.15) is 0 Å². The van der Waals surface area contributed by atoms with Crippen LogP contribution in [0.4, 0.5) is 4.39 Å². The molecule has 0 bridgehead atoms. The number of rotatable bonds is 6. The van der Waals surface area contributed by atoms with Crippen LogP contribution in [0.1, 0.15) is 17.5 Å². The molecule has 1 fully saturated rings. The number of β-amino-alcohol motifs (C(OH)–C–C–N with tert-alkyl or cyclic N) is 1. The third-order valence-corrected chi connectivity index (χ3v) is 4.69. The number of nitrogens with zero attached hydrogens (tertiary/aromatic N) is 3. The summed E-state index contributed by atoms with van der Waals surface area (Å²) >= 11 is 0. The summed E-state index contributed by atoms with van der Waals surface area (Å²) in [5, 5.41) is 10.9. The molecule has 0 radical (unpaired) electrons. The molecule has 1 amide bonds. The van der Waals surface area contributed by atoms with E-state index in [0.717, 1.165) is 11.1 Å². The first-order chi connectivity index (χ1) is 12.4. The van der Waals surface area contributed by atoms with Gasteiger partial charge in [-0.05, 0) is 42.8 Å². The normalized spacial score (nSPS) is 19.9. The Hall–Kier alpha value is -2.31. The zero-order valence-corrected chi connectivity index (χ0v) is 14.9. The zero-order valence-electron chi connectivity index (χ0n) is 14.9. The summed E-state index contributed by atoms with van der Waals surface area (Å²) in [4.78, 5) is 20.2. The number of likely N-dealkylation sites (N-methyl/N-ethyl adjacent to an activating group) is 1. The summed E-state index contributed by atoms with van der Waals surface area (Å²) in [5.41, 5.74) is 0.945. The van der Waals surface area contributed by atoms with Gasteiger partial charge >= 0.3 is 0 Å². The Morgan fingerprint density at radius 2 is 2.08 bits per heavy atom. The van der Waals surface area contributed by atoms with Gasteiger partial charge in [0.15, 0.2) is 0 Å². The van der Waals surface area contributed by atoms with E-state index in [1.54, 1.807) is 29.4 Å². The van der Waals surface area contributed by atoms with Gasteiger partial charge < -0.3 is 10.0 Å². The molecule has 2 aromatic rings. The second kappa shape index (κ2) is 7.93. The van der Waals surface area contributed by atoms with Crippen molar-refractivity contribution in [3.63, 3.8) is 0 Å². The number of amides is 1. The lowest BCUT2D eigenvalue weighted by Crippen LogP contribution is -2.44. The Balaban J connectivity index is 1.52. The molecule has 1 atom stereocenters. The van der Waals surface area contributed by atoms with Crippen molar-refractivity contribution in [3.05, 3.63) is 65.7 Å². The fourth-order valence-electron chi connectivity index (χ4n) is 3.45. The van der Waals surface area contributed by atoms with E-state index in [2.05, 4.69) is 4.98 Å². The number of benzene rings is 1. The number of likely N-dealkylation sites (tertiary alicyclic amines) is 1. The standard InChI is InChI=1S/C20H24FN3O2/c1-23(13-16-4-6-18(21)7-5-16)14-20(26)8-10-24(15-20)19(25)11-17-3-2-9-22-12-17/h2-7,9,12,26H,8,10-11,13-15H2,1H3. The molecule has 3 rings (SSSR count). The maximum atomic E-state index is 13.0. The predicted octanol–water partition coefficient (Wildman–Crippen LogP) is 1.86. The van der Waals surface area contributed by atoms with E-state index in [4.69, 9.17) is 0 Å². The fourth-order valence-corrected chi connectivity index (χ4v) is 3.45. The van der Waals surface area contributed by atoms with Gasteiger partial charge in [0.2, 0.25) is 5.91 Å². The maximum absolute atomic E-state index is 13.0. The van der Waals surface area contributed by atoms with E-state index < -0.39 is 5.60 Å². The van der Waals surface area contributed by atoms with Gasteiger partial charge in [-0.1, -0.05) is 18.2 Å². The molecular weight excluding hydrogens is 333 g/mol. The Morgan fingerprint density at radius 1 is 1.31 bits per heavy atom.